The Balaban J connectivity index is 1.75. The van der Waals surface area contributed by atoms with Crippen LogP contribution in [0.4, 0.5) is 18.0 Å². The number of alkyl halides is 3. The molecule has 1 aliphatic carbocycles. The van der Waals surface area contributed by atoms with E-state index in [4.69, 9.17) is 0 Å². The summed E-state index contributed by atoms with van der Waals surface area (Å²) in [5.74, 6) is 0. The molecule has 2 rings (SSSR count). The number of carbonyl (C=O) groups is 1. The molecule has 118 valence electrons. The van der Waals surface area contributed by atoms with Gasteiger partial charge in [0.1, 0.15) is 5.01 Å². The van der Waals surface area contributed by atoms with E-state index in [1.807, 2.05) is 0 Å². The standard InChI is InChI=1S/C12H16F3N3O2S/c13-12(14,15)9-6-21-10(18-9)5-16-11(20)17-7-1-3-8(19)4-2-7/h6-8,19H,1-5H2,(H2,16,17,20). The van der Waals surface area contributed by atoms with Crippen LogP contribution in [0.2, 0.25) is 0 Å². The molecule has 0 bridgehead atoms. The maximum absolute atomic E-state index is 12.4. The number of amides is 2. The Hall–Kier alpha value is -1.35. The minimum Gasteiger partial charge on any atom is -0.393 e. The number of thiazole rings is 1. The van der Waals surface area contributed by atoms with Crippen molar-refractivity contribution in [3.8, 4) is 0 Å². The molecule has 0 atom stereocenters. The third-order valence-corrected chi connectivity index (χ3v) is 4.12. The van der Waals surface area contributed by atoms with E-state index in [-0.39, 0.29) is 23.7 Å². The third-order valence-electron chi connectivity index (χ3n) is 3.27. The normalized spacial score (nSPS) is 22.9. The Labute approximate surface area is 123 Å². The Morgan fingerprint density at radius 3 is 2.62 bits per heavy atom. The van der Waals surface area contributed by atoms with Crippen LogP contribution in [0.5, 0.6) is 0 Å². The number of hydrogen-bond donors (Lipinski definition) is 3. The van der Waals surface area contributed by atoms with E-state index < -0.39 is 17.9 Å². The van der Waals surface area contributed by atoms with Crippen molar-refractivity contribution in [1.29, 1.82) is 0 Å². The van der Waals surface area contributed by atoms with Crippen LogP contribution in [0.1, 0.15) is 36.4 Å². The highest BCUT2D eigenvalue weighted by molar-refractivity contribution is 7.09. The number of nitrogens with zero attached hydrogens (tertiary/aromatic N) is 1. The lowest BCUT2D eigenvalue weighted by molar-refractivity contribution is -0.140. The van der Waals surface area contributed by atoms with Gasteiger partial charge in [-0.15, -0.1) is 11.3 Å². The summed E-state index contributed by atoms with van der Waals surface area (Å²) in [6, 6.07) is -0.435. The van der Waals surface area contributed by atoms with E-state index in [0.717, 1.165) is 16.7 Å². The molecule has 1 fully saturated rings. The van der Waals surface area contributed by atoms with Crippen LogP contribution in [0, 0.1) is 0 Å². The van der Waals surface area contributed by atoms with Crippen molar-refractivity contribution in [2.75, 3.05) is 0 Å². The molecule has 3 N–H and O–H groups in total. The first-order chi connectivity index (χ1) is 9.84. The number of nitrogens with one attached hydrogen (secondary N) is 2. The first kappa shape index (κ1) is 16.0. The lowest BCUT2D eigenvalue weighted by Crippen LogP contribution is -2.43. The Kier molecular flexibility index (Phi) is 5.04. The average Bonchev–Trinajstić information content (AvgIpc) is 2.88. The highest BCUT2D eigenvalue weighted by atomic mass is 32.1. The van der Waals surface area contributed by atoms with E-state index in [9.17, 15) is 23.1 Å². The zero-order chi connectivity index (χ0) is 15.5. The van der Waals surface area contributed by atoms with Crippen molar-refractivity contribution >= 4 is 17.4 Å². The molecule has 0 aliphatic heterocycles. The number of aromatic nitrogens is 1. The molecular formula is C12H16F3N3O2S. The fourth-order valence-corrected chi connectivity index (χ4v) is 2.88. The second-order valence-corrected chi connectivity index (χ2v) is 5.90. The summed E-state index contributed by atoms with van der Waals surface area (Å²) in [6.07, 6.45) is -2.07. The molecule has 0 saturated heterocycles. The molecule has 1 aliphatic rings. The van der Waals surface area contributed by atoms with Crippen molar-refractivity contribution in [2.45, 2.75) is 50.6 Å². The van der Waals surface area contributed by atoms with E-state index in [2.05, 4.69) is 15.6 Å². The highest BCUT2D eigenvalue weighted by Gasteiger charge is 2.33. The van der Waals surface area contributed by atoms with Gasteiger partial charge >= 0.3 is 12.2 Å². The minimum absolute atomic E-state index is 0.00423. The van der Waals surface area contributed by atoms with Gasteiger partial charge in [0, 0.05) is 11.4 Å². The van der Waals surface area contributed by atoms with Gasteiger partial charge in [-0.1, -0.05) is 0 Å². The van der Waals surface area contributed by atoms with Gasteiger partial charge < -0.3 is 15.7 Å². The van der Waals surface area contributed by atoms with Crippen LogP contribution in [0.15, 0.2) is 5.38 Å². The van der Waals surface area contributed by atoms with E-state index >= 15 is 0 Å². The van der Waals surface area contributed by atoms with Crippen molar-refractivity contribution in [3.05, 3.63) is 16.1 Å². The second-order valence-electron chi connectivity index (χ2n) is 4.96. The van der Waals surface area contributed by atoms with Gasteiger partial charge in [-0.25, -0.2) is 9.78 Å². The highest BCUT2D eigenvalue weighted by Crippen LogP contribution is 2.29. The summed E-state index contributed by atoms with van der Waals surface area (Å²) in [6.45, 7) is -0.0398. The van der Waals surface area contributed by atoms with Crippen LogP contribution in [-0.4, -0.2) is 28.3 Å². The fraction of sp³-hybridized carbons (Fsp3) is 0.667. The van der Waals surface area contributed by atoms with Crippen molar-refractivity contribution < 1.29 is 23.1 Å². The number of aliphatic hydroxyl groups excluding tert-OH is 1. The molecule has 21 heavy (non-hydrogen) atoms. The first-order valence-corrected chi connectivity index (χ1v) is 7.46. The number of carbonyl (C=O) groups excluding carboxylic acids is 1. The van der Waals surface area contributed by atoms with Crippen molar-refractivity contribution in [3.63, 3.8) is 0 Å². The van der Waals surface area contributed by atoms with Gasteiger partial charge in [-0.2, -0.15) is 13.2 Å². The van der Waals surface area contributed by atoms with Crippen LogP contribution in [0.3, 0.4) is 0 Å². The van der Waals surface area contributed by atoms with Crippen LogP contribution in [0.25, 0.3) is 0 Å². The quantitative estimate of drug-likeness (QED) is 0.799. The van der Waals surface area contributed by atoms with Crippen LogP contribution < -0.4 is 10.6 Å². The maximum Gasteiger partial charge on any atom is 0.434 e. The Morgan fingerprint density at radius 1 is 1.38 bits per heavy atom. The summed E-state index contributed by atoms with van der Waals surface area (Å²) in [5.41, 5.74) is -0.939. The minimum atomic E-state index is -4.46. The Bertz CT molecular complexity index is 484. The largest absolute Gasteiger partial charge is 0.434 e. The van der Waals surface area contributed by atoms with Crippen molar-refractivity contribution in [2.24, 2.45) is 0 Å². The number of rotatable bonds is 3. The predicted molar refractivity (Wildman–Crippen MR) is 70.8 cm³/mol. The zero-order valence-corrected chi connectivity index (χ0v) is 11.9. The lowest BCUT2D eigenvalue weighted by Gasteiger charge is -2.26. The molecule has 9 heteroatoms. The SMILES string of the molecule is O=C(NCc1nc(C(F)(F)F)cs1)NC1CCC(O)CC1. The van der Waals surface area contributed by atoms with Crippen LogP contribution in [-0.2, 0) is 12.7 Å². The summed E-state index contributed by atoms with van der Waals surface area (Å²) >= 11 is 0.858. The molecule has 0 spiro atoms. The summed E-state index contributed by atoms with van der Waals surface area (Å²) in [5, 5.41) is 15.7. The van der Waals surface area contributed by atoms with Gasteiger partial charge in [0.15, 0.2) is 5.69 Å². The number of hydrogen-bond acceptors (Lipinski definition) is 4. The van der Waals surface area contributed by atoms with E-state index in [0.29, 0.717) is 25.7 Å². The summed E-state index contributed by atoms with van der Waals surface area (Å²) in [4.78, 5) is 15.1. The predicted octanol–water partition coefficient (Wildman–Crippen LogP) is 2.26. The molecule has 1 saturated carbocycles. The van der Waals surface area contributed by atoms with Gasteiger partial charge in [0.25, 0.3) is 0 Å². The monoisotopic (exact) mass is 323 g/mol. The van der Waals surface area contributed by atoms with Gasteiger partial charge in [-0.05, 0) is 25.7 Å². The second kappa shape index (κ2) is 6.61. The summed E-state index contributed by atoms with van der Waals surface area (Å²) < 4.78 is 37.1. The zero-order valence-electron chi connectivity index (χ0n) is 11.1. The number of urea groups is 1. The molecular weight excluding hydrogens is 307 g/mol. The molecule has 2 amide bonds. The Morgan fingerprint density at radius 2 is 2.05 bits per heavy atom. The number of aliphatic hydroxyl groups is 1. The number of halogens is 3. The fourth-order valence-electron chi connectivity index (χ4n) is 2.13. The topological polar surface area (TPSA) is 74.2 Å². The molecule has 0 unspecified atom stereocenters. The maximum atomic E-state index is 12.4. The van der Waals surface area contributed by atoms with Gasteiger partial charge in [-0.3, -0.25) is 0 Å². The molecule has 1 heterocycles. The molecule has 5 nitrogen and oxygen atoms in total. The smallest absolute Gasteiger partial charge is 0.393 e. The van der Waals surface area contributed by atoms with Crippen molar-refractivity contribution in [1.82, 2.24) is 15.6 Å². The van der Waals surface area contributed by atoms with Crippen LogP contribution >= 0.6 is 11.3 Å². The van der Waals surface area contributed by atoms with E-state index in [1.165, 1.54) is 0 Å². The lowest BCUT2D eigenvalue weighted by atomic mass is 9.93. The summed E-state index contributed by atoms with van der Waals surface area (Å²) in [7, 11) is 0. The molecule has 0 aromatic carbocycles. The van der Waals surface area contributed by atoms with Gasteiger partial charge in [0.05, 0.1) is 12.6 Å². The third kappa shape index (κ3) is 4.85. The molecule has 0 radical (unpaired) electrons. The average molecular weight is 323 g/mol. The molecule has 1 aromatic rings. The van der Waals surface area contributed by atoms with Gasteiger partial charge in [0.2, 0.25) is 0 Å². The molecule has 1 aromatic heterocycles. The van der Waals surface area contributed by atoms with E-state index in [1.54, 1.807) is 0 Å². The first-order valence-electron chi connectivity index (χ1n) is 6.58.